The predicted octanol–water partition coefficient (Wildman–Crippen LogP) is 6.30. The Morgan fingerprint density at radius 1 is 0.933 bits per heavy atom. The van der Waals surface area contributed by atoms with Crippen LogP contribution in [-0.2, 0) is 0 Å². The molecule has 150 valence electrons. The van der Waals surface area contributed by atoms with Gasteiger partial charge in [-0.2, -0.15) is 10.2 Å². The minimum Gasteiger partial charge on any atom is -0.496 e. The zero-order chi connectivity index (χ0) is 20.9. The summed E-state index contributed by atoms with van der Waals surface area (Å²) in [4.78, 5) is 0. The number of anilines is 1. The van der Waals surface area contributed by atoms with Crippen molar-refractivity contribution in [2.45, 2.75) is 0 Å². The number of aromatic nitrogens is 2. The lowest BCUT2D eigenvalue weighted by molar-refractivity contribution is 0.416. The zero-order valence-corrected chi connectivity index (χ0v) is 17.6. The van der Waals surface area contributed by atoms with Gasteiger partial charge in [0.1, 0.15) is 11.4 Å². The van der Waals surface area contributed by atoms with Crippen LogP contribution in [0.3, 0.4) is 0 Å². The Bertz CT molecular complexity index is 1170. The fourth-order valence-corrected chi connectivity index (χ4v) is 3.50. The van der Waals surface area contributed by atoms with Crippen molar-refractivity contribution in [2.24, 2.45) is 5.10 Å². The molecule has 5 nitrogen and oxygen atoms in total. The van der Waals surface area contributed by atoms with Gasteiger partial charge in [0.25, 0.3) is 0 Å². The summed E-state index contributed by atoms with van der Waals surface area (Å²) in [5, 5.41) is 10.1. The van der Waals surface area contributed by atoms with Crippen molar-refractivity contribution in [1.82, 2.24) is 9.78 Å². The summed E-state index contributed by atoms with van der Waals surface area (Å²) >= 11 is 12.4. The standard InChI is InChI=1S/C23H18Cl2N4O/c1-30-21-13-6-5-10-18(21)22-16(15-29(28-22)17-8-3-2-4-9-17)14-26-27-23-19(24)11-7-12-20(23)25/h2-15,27H,1H3. The van der Waals surface area contributed by atoms with E-state index < -0.39 is 0 Å². The van der Waals surface area contributed by atoms with E-state index in [2.05, 4.69) is 10.5 Å². The van der Waals surface area contributed by atoms with Crippen LogP contribution in [0, 0.1) is 0 Å². The van der Waals surface area contributed by atoms with Crippen LogP contribution in [0.2, 0.25) is 10.0 Å². The highest BCUT2D eigenvalue weighted by atomic mass is 35.5. The number of rotatable bonds is 6. The number of ether oxygens (including phenoxy) is 1. The Labute approximate surface area is 184 Å². The van der Waals surface area contributed by atoms with Gasteiger partial charge in [0.2, 0.25) is 0 Å². The van der Waals surface area contributed by atoms with E-state index in [0.29, 0.717) is 15.7 Å². The van der Waals surface area contributed by atoms with Gasteiger partial charge in [0, 0.05) is 17.3 Å². The maximum atomic E-state index is 6.21. The molecule has 4 rings (SSSR count). The molecular weight excluding hydrogens is 419 g/mol. The molecule has 0 aliphatic heterocycles. The van der Waals surface area contributed by atoms with Gasteiger partial charge in [-0.05, 0) is 36.4 Å². The molecule has 0 radical (unpaired) electrons. The summed E-state index contributed by atoms with van der Waals surface area (Å²) < 4.78 is 7.34. The molecule has 4 aromatic rings. The molecule has 0 aliphatic rings. The maximum absolute atomic E-state index is 6.21. The molecule has 30 heavy (non-hydrogen) atoms. The van der Waals surface area contributed by atoms with Crippen LogP contribution in [0.15, 0.2) is 84.1 Å². The summed E-state index contributed by atoms with van der Waals surface area (Å²) in [5.41, 5.74) is 6.83. The lowest BCUT2D eigenvalue weighted by Crippen LogP contribution is -1.95. The lowest BCUT2D eigenvalue weighted by atomic mass is 10.1. The molecule has 0 saturated heterocycles. The van der Waals surface area contributed by atoms with E-state index in [4.69, 9.17) is 33.0 Å². The Balaban J connectivity index is 1.75. The van der Waals surface area contributed by atoms with Crippen molar-refractivity contribution in [3.8, 4) is 22.7 Å². The van der Waals surface area contributed by atoms with Gasteiger partial charge in [-0.25, -0.2) is 4.68 Å². The van der Waals surface area contributed by atoms with Gasteiger partial charge < -0.3 is 4.74 Å². The second kappa shape index (κ2) is 9.03. The summed E-state index contributed by atoms with van der Waals surface area (Å²) in [6, 6.07) is 22.9. The Kier molecular flexibility index (Phi) is 6.02. The zero-order valence-electron chi connectivity index (χ0n) is 16.1. The Hall–Kier alpha value is -3.28. The molecule has 0 aliphatic carbocycles. The largest absolute Gasteiger partial charge is 0.496 e. The van der Waals surface area contributed by atoms with Crippen LogP contribution in [0.5, 0.6) is 5.75 Å². The molecule has 0 bridgehead atoms. The normalized spacial score (nSPS) is 11.0. The summed E-state index contributed by atoms with van der Waals surface area (Å²) in [6.07, 6.45) is 3.60. The smallest absolute Gasteiger partial charge is 0.128 e. The molecule has 0 spiro atoms. The summed E-state index contributed by atoms with van der Waals surface area (Å²) in [6.45, 7) is 0. The van der Waals surface area contributed by atoms with E-state index in [0.717, 1.165) is 28.3 Å². The van der Waals surface area contributed by atoms with Crippen LogP contribution < -0.4 is 10.2 Å². The SMILES string of the molecule is COc1ccccc1-c1nn(-c2ccccc2)cc1C=NNc1c(Cl)cccc1Cl. The third-order valence-corrected chi connectivity index (χ3v) is 5.10. The van der Waals surface area contributed by atoms with E-state index in [1.165, 1.54) is 0 Å². The van der Waals surface area contributed by atoms with Crippen LogP contribution in [0.4, 0.5) is 5.69 Å². The highest BCUT2D eigenvalue weighted by Crippen LogP contribution is 2.32. The van der Waals surface area contributed by atoms with Gasteiger partial charge in [0.15, 0.2) is 0 Å². The summed E-state index contributed by atoms with van der Waals surface area (Å²) in [7, 11) is 1.64. The molecule has 1 heterocycles. The van der Waals surface area contributed by atoms with Gasteiger partial charge in [-0.15, -0.1) is 0 Å². The van der Waals surface area contributed by atoms with Gasteiger partial charge in [0.05, 0.1) is 34.7 Å². The molecule has 1 N–H and O–H groups in total. The van der Waals surface area contributed by atoms with E-state index in [1.54, 1.807) is 31.5 Å². The number of hydrogen-bond acceptors (Lipinski definition) is 4. The molecule has 0 amide bonds. The van der Waals surface area contributed by atoms with Gasteiger partial charge in [-0.3, -0.25) is 5.43 Å². The molecule has 1 aromatic heterocycles. The molecule has 0 atom stereocenters. The number of halogens is 2. The molecule has 0 saturated carbocycles. The fraction of sp³-hybridized carbons (Fsp3) is 0.0435. The topological polar surface area (TPSA) is 51.4 Å². The first kappa shape index (κ1) is 20.0. The number of hydrazone groups is 1. The molecule has 7 heteroatoms. The Morgan fingerprint density at radius 3 is 2.37 bits per heavy atom. The van der Waals surface area contributed by atoms with Crippen LogP contribution >= 0.6 is 23.2 Å². The van der Waals surface area contributed by atoms with Crippen molar-refractivity contribution < 1.29 is 4.74 Å². The second-order valence-corrected chi connectivity index (χ2v) is 7.19. The summed E-state index contributed by atoms with van der Waals surface area (Å²) in [5.74, 6) is 0.729. The third kappa shape index (κ3) is 4.17. The van der Waals surface area contributed by atoms with Crippen molar-refractivity contribution in [1.29, 1.82) is 0 Å². The number of hydrogen-bond donors (Lipinski definition) is 1. The monoisotopic (exact) mass is 436 g/mol. The predicted molar refractivity (Wildman–Crippen MR) is 123 cm³/mol. The first-order chi connectivity index (χ1) is 14.7. The number of nitrogens with zero attached hydrogens (tertiary/aromatic N) is 3. The second-order valence-electron chi connectivity index (χ2n) is 6.38. The first-order valence-corrected chi connectivity index (χ1v) is 9.94. The van der Waals surface area contributed by atoms with E-state index in [-0.39, 0.29) is 0 Å². The average molecular weight is 437 g/mol. The highest BCUT2D eigenvalue weighted by molar-refractivity contribution is 6.39. The molecule has 0 fully saturated rings. The van der Waals surface area contributed by atoms with Crippen molar-refractivity contribution >= 4 is 35.1 Å². The van der Waals surface area contributed by atoms with E-state index in [1.807, 2.05) is 65.5 Å². The maximum Gasteiger partial charge on any atom is 0.128 e. The first-order valence-electron chi connectivity index (χ1n) is 9.19. The van der Waals surface area contributed by atoms with Crippen molar-refractivity contribution in [2.75, 3.05) is 12.5 Å². The van der Waals surface area contributed by atoms with Crippen molar-refractivity contribution in [3.63, 3.8) is 0 Å². The van der Waals surface area contributed by atoms with Crippen LogP contribution in [0.25, 0.3) is 16.9 Å². The minimum atomic E-state index is 0.490. The van der Waals surface area contributed by atoms with Gasteiger partial charge >= 0.3 is 0 Å². The van der Waals surface area contributed by atoms with E-state index >= 15 is 0 Å². The molecular formula is C23H18Cl2N4O. The Morgan fingerprint density at radius 2 is 1.63 bits per heavy atom. The highest BCUT2D eigenvalue weighted by Gasteiger charge is 2.15. The van der Waals surface area contributed by atoms with Crippen LogP contribution in [0.1, 0.15) is 5.56 Å². The lowest BCUT2D eigenvalue weighted by Gasteiger charge is -2.07. The minimum absolute atomic E-state index is 0.490. The van der Waals surface area contributed by atoms with E-state index in [9.17, 15) is 0 Å². The number of benzene rings is 3. The quantitative estimate of drug-likeness (QED) is 0.285. The number of nitrogens with one attached hydrogen (secondary N) is 1. The number of methoxy groups -OCH3 is 1. The van der Waals surface area contributed by atoms with Gasteiger partial charge in [-0.1, -0.05) is 59.6 Å². The van der Waals surface area contributed by atoms with Crippen molar-refractivity contribution in [3.05, 3.63) is 94.6 Å². The molecule has 3 aromatic carbocycles. The molecule has 0 unspecified atom stereocenters. The van der Waals surface area contributed by atoms with Crippen LogP contribution in [-0.4, -0.2) is 23.1 Å². The fourth-order valence-electron chi connectivity index (χ4n) is 3.02. The third-order valence-electron chi connectivity index (χ3n) is 4.47. The number of para-hydroxylation sites is 3. The average Bonchev–Trinajstić information content (AvgIpc) is 3.20.